The first-order chi connectivity index (χ1) is 6.77. The van der Waals surface area contributed by atoms with Gasteiger partial charge in [-0.1, -0.05) is 0 Å². The maximum Gasteiger partial charge on any atom is 0.239 e. The number of hydrogen-bond donors (Lipinski definition) is 1. The highest BCUT2D eigenvalue weighted by Gasteiger charge is 2.28. The molecule has 2 heterocycles. The quantitative estimate of drug-likeness (QED) is 0.700. The van der Waals surface area contributed by atoms with Gasteiger partial charge in [0.1, 0.15) is 0 Å². The molecular formula is C10H18N2O2. The Balaban J connectivity index is 1.72. The Bertz CT molecular complexity index is 214. The SMILES string of the molecule is NC1CCN(CCC2CCCO2)C1=O. The molecule has 0 aromatic carbocycles. The van der Waals surface area contributed by atoms with Gasteiger partial charge in [-0.2, -0.15) is 0 Å². The lowest BCUT2D eigenvalue weighted by atomic mass is 10.2. The standard InChI is InChI=1S/C10H18N2O2/c11-9-4-6-12(10(9)13)5-3-8-2-1-7-14-8/h8-9H,1-7,11H2. The minimum Gasteiger partial charge on any atom is -0.378 e. The Hall–Kier alpha value is -0.610. The van der Waals surface area contributed by atoms with Gasteiger partial charge in [0.25, 0.3) is 0 Å². The number of carbonyl (C=O) groups excluding carboxylic acids is 1. The average molecular weight is 198 g/mol. The van der Waals surface area contributed by atoms with Crippen LogP contribution in [0.4, 0.5) is 0 Å². The summed E-state index contributed by atoms with van der Waals surface area (Å²) in [7, 11) is 0. The van der Waals surface area contributed by atoms with E-state index in [1.165, 1.54) is 0 Å². The molecule has 2 aliphatic rings. The minimum absolute atomic E-state index is 0.114. The van der Waals surface area contributed by atoms with Gasteiger partial charge in [0.05, 0.1) is 12.1 Å². The molecule has 0 radical (unpaired) electrons. The van der Waals surface area contributed by atoms with Crippen molar-refractivity contribution in [2.45, 2.75) is 37.8 Å². The van der Waals surface area contributed by atoms with Gasteiger partial charge in [-0.3, -0.25) is 4.79 Å². The maximum absolute atomic E-state index is 11.5. The number of amides is 1. The smallest absolute Gasteiger partial charge is 0.239 e. The van der Waals surface area contributed by atoms with E-state index in [0.717, 1.165) is 45.4 Å². The molecule has 0 spiro atoms. The Morgan fingerprint density at radius 2 is 2.36 bits per heavy atom. The van der Waals surface area contributed by atoms with Gasteiger partial charge >= 0.3 is 0 Å². The van der Waals surface area contributed by atoms with Gasteiger partial charge in [0.2, 0.25) is 5.91 Å². The van der Waals surface area contributed by atoms with E-state index in [4.69, 9.17) is 10.5 Å². The second-order valence-corrected chi connectivity index (χ2v) is 4.14. The van der Waals surface area contributed by atoms with E-state index < -0.39 is 0 Å². The Labute approximate surface area is 84.4 Å². The largest absolute Gasteiger partial charge is 0.378 e. The van der Waals surface area contributed by atoms with Gasteiger partial charge in [-0.25, -0.2) is 0 Å². The van der Waals surface area contributed by atoms with Crippen molar-refractivity contribution in [3.05, 3.63) is 0 Å². The normalized spacial score (nSPS) is 32.9. The maximum atomic E-state index is 11.5. The van der Waals surface area contributed by atoms with Crippen LogP contribution < -0.4 is 5.73 Å². The molecule has 0 aliphatic carbocycles. The first kappa shape index (κ1) is 9.93. The van der Waals surface area contributed by atoms with Crippen molar-refractivity contribution < 1.29 is 9.53 Å². The molecular weight excluding hydrogens is 180 g/mol. The number of carbonyl (C=O) groups is 1. The van der Waals surface area contributed by atoms with Crippen LogP contribution in [0.1, 0.15) is 25.7 Å². The summed E-state index contributed by atoms with van der Waals surface area (Å²) >= 11 is 0. The molecule has 1 amide bonds. The van der Waals surface area contributed by atoms with Crippen molar-refractivity contribution in [1.29, 1.82) is 0 Å². The fraction of sp³-hybridized carbons (Fsp3) is 0.900. The van der Waals surface area contributed by atoms with Crippen LogP contribution in [0.25, 0.3) is 0 Å². The van der Waals surface area contributed by atoms with Gasteiger partial charge < -0.3 is 15.4 Å². The van der Waals surface area contributed by atoms with Crippen molar-refractivity contribution in [2.24, 2.45) is 5.73 Å². The predicted molar refractivity (Wildman–Crippen MR) is 52.8 cm³/mol. The van der Waals surface area contributed by atoms with Crippen molar-refractivity contribution in [3.8, 4) is 0 Å². The van der Waals surface area contributed by atoms with Crippen molar-refractivity contribution in [3.63, 3.8) is 0 Å². The summed E-state index contributed by atoms with van der Waals surface area (Å²) in [4.78, 5) is 13.3. The van der Waals surface area contributed by atoms with Crippen LogP contribution in [-0.4, -0.2) is 42.6 Å². The van der Waals surface area contributed by atoms with E-state index in [0.29, 0.717) is 6.10 Å². The summed E-state index contributed by atoms with van der Waals surface area (Å²) in [5, 5.41) is 0. The summed E-state index contributed by atoms with van der Waals surface area (Å²) < 4.78 is 5.51. The zero-order chi connectivity index (χ0) is 9.97. The molecule has 2 rings (SSSR count). The van der Waals surface area contributed by atoms with E-state index in [1.807, 2.05) is 4.90 Å². The molecule has 14 heavy (non-hydrogen) atoms. The summed E-state index contributed by atoms with van der Waals surface area (Å²) in [6, 6.07) is -0.250. The van der Waals surface area contributed by atoms with E-state index in [9.17, 15) is 4.79 Å². The topological polar surface area (TPSA) is 55.6 Å². The second-order valence-electron chi connectivity index (χ2n) is 4.14. The van der Waals surface area contributed by atoms with Crippen LogP contribution in [0, 0.1) is 0 Å². The first-order valence-corrected chi connectivity index (χ1v) is 5.43. The fourth-order valence-corrected chi connectivity index (χ4v) is 2.16. The zero-order valence-electron chi connectivity index (χ0n) is 8.45. The molecule has 0 bridgehead atoms. The molecule has 2 N–H and O–H groups in total. The van der Waals surface area contributed by atoms with E-state index in [2.05, 4.69) is 0 Å². The number of hydrogen-bond acceptors (Lipinski definition) is 3. The summed E-state index contributed by atoms with van der Waals surface area (Å²) in [6.07, 6.45) is 4.47. The Morgan fingerprint density at radius 1 is 1.50 bits per heavy atom. The molecule has 4 heteroatoms. The highest BCUT2D eigenvalue weighted by Crippen LogP contribution is 2.17. The first-order valence-electron chi connectivity index (χ1n) is 5.43. The number of rotatable bonds is 3. The van der Waals surface area contributed by atoms with E-state index in [1.54, 1.807) is 0 Å². The van der Waals surface area contributed by atoms with Gasteiger partial charge in [-0.15, -0.1) is 0 Å². The van der Waals surface area contributed by atoms with Gasteiger partial charge in [0.15, 0.2) is 0 Å². The molecule has 4 nitrogen and oxygen atoms in total. The molecule has 80 valence electrons. The number of ether oxygens (including phenoxy) is 1. The van der Waals surface area contributed by atoms with Crippen LogP contribution in [0.15, 0.2) is 0 Å². The highest BCUT2D eigenvalue weighted by atomic mass is 16.5. The molecule has 2 aliphatic heterocycles. The number of nitrogens with zero attached hydrogens (tertiary/aromatic N) is 1. The summed E-state index contributed by atoms with van der Waals surface area (Å²) in [5.41, 5.74) is 5.63. The third-order valence-corrected chi connectivity index (χ3v) is 3.08. The highest BCUT2D eigenvalue weighted by molar-refractivity contribution is 5.83. The van der Waals surface area contributed by atoms with E-state index >= 15 is 0 Å². The van der Waals surface area contributed by atoms with Crippen LogP contribution in [0.3, 0.4) is 0 Å². The summed E-state index contributed by atoms with van der Waals surface area (Å²) in [5.74, 6) is 0.114. The Kier molecular flexibility index (Phi) is 3.03. The molecule has 0 aromatic rings. The predicted octanol–water partition coefficient (Wildman–Crippen LogP) is 0.115. The van der Waals surface area contributed by atoms with Gasteiger partial charge in [0, 0.05) is 19.7 Å². The third-order valence-electron chi connectivity index (χ3n) is 3.08. The van der Waals surface area contributed by atoms with Crippen molar-refractivity contribution in [2.75, 3.05) is 19.7 Å². The molecule has 2 unspecified atom stereocenters. The van der Waals surface area contributed by atoms with Crippen LogP contribution in [0.2, 0.25) is 0 Å². The Morgan fingerprint density at radius 3 is 2.93 bits per heavy atom. The lowest BCUT2D eigenvalue weighted by Crippen LogP contribution is -2.35. The molecule has 2 fully saturated rings. The third kappa shape index (κ3) is 2.07. The monoisotopic (exact) mass is 198 g/mol. The average Bonchev–Trinajstić information content (AvgIpc) is 2.77. The second kappa shape index (κ2) is 4.28. The molecule has 0 aromatic heterocycles. The molecule has 2 atom stereocenters. The van der Waals surface area contributed by atoms with Crippen LogP contribution in [0.5, 0.6) is 0 Å². The van der Waals surface area contributed by atoms with Gasteiger partial charge in [-0.05, 0) is 25.7 Å². The van der Waals surface area contributed by atoms with Crippen LogP contribution in [-0.2, 0) is 9.53 Å². The summed E-state index contributed by atoms with van der Waals surface area (Å²) in [6.45, 7) is 2.53. The molecule has 2 saturated heterocycles. The number of likely N-dealkylation sites (tertiary alicyclic amines) is 1. The van der Waals surface area contributed by atoms with Crippen molar-refractivity contribution >= 4 is 5.91 Å². The van der Waals surface area contributed by atoms with Crippen LogP contribution >= 0.6 is 0 Å². The minimum atomic E-state index is -0.250. The lowest BCUT2D eigenvalue weighted by Gasteiger charge is -2.18. The fourth-order valence-electron chi connectivity index (χ4n) is 2.16. The number of nitrogens with two attached hydrogens (primary N) is 1. The van der Waals surface area contributed by atoms with E-state index in [-0.39, 0.29) is 11.9 Å². The molecule has 0 saturated carbocycles. The zero-order valence-corrected chi connectivity index (χ0v) is 8.45. The van der Waals surface area contributed by atoms with Crippen molar-refractivity contribution in [1.82, 2.24) is 4.90 Å². The lowest BCUT2D eigenvalue weighted by molar-refractivity contribution is -0.129.